The number of carbonyl (C=O) groups excluding carboxylic acids is 1. The van der Waals surface area contributed by atoms with Crippen molar-refractivity contribution in [1.29, 1.82) is 0 Å². The van der Waals surface area contributed by atoms with Crippen molar-refractivity contribution in [2.75, 3.05) is 26.7 Å². The molecule has 7 heteroatoms. The third-order valence-corrected chi connectivity index (χ3v) is 4.88. The quantitative estimate of drug-likeness (QED) is 0.860. The maximum Gasteiger partial charge on any atom is 0.255 e. The summed E-state index contributed by atoms with van der Waals surface area (Å²) >= 11 is 0. The average molecular weight is 331 g/mol. The third kappa shape index (κ3) is 2.84. The van der Waals surface area contributed by atoms with Gasteiger partial charge >= 0.3 is 0 Å². The van der Waals surface area contributed by atoms with E-state index in [4.69, 9.17) is 4.52 Å². The second-order valence-corrected chi connectivity index (χ2v) is 6.46. The summed E-state index contributed by atoms with van der Waals surface area (Å²) in [4.78, 5) is 21.4. The predicted molar refractivity (Wildman–Crippen MR) is 89.9 cm³/mol. The van der Waals surface area contributed by atoms with Gasteiger partial charge in [-0.3, -0.25) is 9.69 Å². The third-order valence-electron chi connectivity index (χ3n) is 4.88. The standard InChI is InChI=1S/C17H25N5O2/c1-6-22-11(2)9-14(12(22)3)17(23)21-8-7-20(5)15(10-21)16-18-13(4)19-24-16/h9,15H,6-8,10H2,1-5H3/t15-/m1/s1. The molecule has 3 rings (SSSR count). The summed E-state index contributed by atoms with van der Waals surface area (Å²) in [6.07, 6.45) is 0. The second kappa shape index (κ2) is 6.39. The molecule has 1 saturated heterocycles. The molecule has 1 fully saturated rings. The summed E-state index contributed by atoms with van der Waals surface area (Å²) in [6.45, 7) is 10.9. The van der Waals surface area contributed by atoms with E-state index in [1.54, 1.807) is 6.92 Å². The second-order valence-electron chi connectivity index (χ2n) is 6.46. The minimum atomic E-state index is -0.0569. The Hall–Kier alpha value is -2.15. The van der Waals surface area contributed by atoms with E-state index in [-0.39, 0.29) is 11.9 Å². The summed E-state index contributed by atoms with van der Waals surface area (Å²) in [5.41, 5.74) is 2.94. The molecule has 0 N–H and O–H groups in total. The van der Waals surface area contributed by atoms with Crippen LogP contribution in [0.25, 0.3) is 0 Å². The number of nitrogens with zero attached hydrogens (tertiary/aromatic N) is 5. The van der Waals surface area contributed by atoms with Crippen LogP contribution in [0.4, 0.5) is 0 Å². The van der Waals surface area contributed by atoms with Crippen LogP contribution in [0, 0.1) is 20.8 Å². The summed E-state index contributed by atoms with van der Waals surface area (Å²) in [5, 5.41) is 3.87. The predicted octanol–water partition coefficient (Wildman–Crippen LogP) is 1.95. The van der Waals surface area contributed by atoms with Gasteiger partial charge < -0.3 is 14.0 Å². The smallest absolute Gasteiger partial charge is 0.255 e. The lowest BCUT2D eigenvalue weighted by atomic mass is 10.1. The zero-order valence-electron chi connectivity index (χ0n) is 15.0. The minimum Gasteiger partial charge on any atom is -0.349 e. The Morgan fingerprint density at radius 2 is 2.08 bits per heavy atom. The van der Waals surface area contributed by atoms with Gasteiger partial charge in [0.25, 0.3) is 5.91 Å². The van der Waals surface area contributed by atoms with Crippen LogP contribution < -0.4 is 0 Å². The molecule has 0 unspecified atom stereocenters. The molecule has 0 aliphatic carbocycles. The average Bonchev–Trinajstić information content (AvgIpc) is 3.10. The largest absolute Gasteiger partial charge is 0.349 e. The van der Waals surface area contributed by atoms with Crippen LogP contribution in [0.1, 0.15) is 46.4 Å². The maximum absolute atomic E-state index is 13.0. The molecule has 2 aromatic heterocycles. The van der Waals surface area contributed by atoms with Crippen LogP contribution in [-0.2, 0) is 6.54 Å². The van der Waals surface area contributed by atoms with Gasteiger partial charge in [-0.2, -0.15) is 4.98 Å². The van der Waals surface area contributed by atoms with Crippen molar-refractivity contribution in [1.82, 2.24) is 24.5 Å². The molecule has 0 spiro atoms. The molecule has 0 aromatic carbocycles. The van der Waals surface area contributed by atoms with Crippen molar-refractivity contribution in [3.63, 3.8) is 0 Å². The summed E-state index contributed by atoms with van der Waals surface area (Å²) in [5.74, 6) is 1.28. The molecular weight excluding hydrogens is 306 g/mol. The van der Waals surface area contributed by atoms with E-state index in [9.17, 15) is 4.79 Å². The minimum absolute atomic E-state index is 0.0569. The van der Waals surface area contributed by atoms with Crippen molar-refractivity contribution < 1.29 is 9.32 Å². The Balaban J connectivity index is 1.83. The molecule has 130 valence electrons. The Morgan fingerprint density at radius 1 is 1.33 bits per heavy atom. The Morgan fingerprint density at radius 3 is 2.67 bits per heavy atom. The molecule has 0 radical (unpaired) electrons. The van der Waals surface area contributed by atoms with Crippen molar-refractivity contribution in [3.05, 3.63) is 34.7 Å². The van der Waals surface area contributed by atoms with Crippen molar-refractivity contribution in [2.24, 2.45) is 0 Å². The maximum atomic E-state index is 13.0. The lowest BCUT2D eigenvalue weighted by Gasteiger charge is -2.37. The number of likely N-dealkylation sites (N-methyl/N-ethyl adjacent to an activating group) is 1. The van der Waals surface area contributed by atoms with Crippen LogP contribution in [0.3, 0.4) is 0 Å². The number of aryl methyl sites for hydroxylation is 2. The molecule has 2 aromatic rings. The Labute approximate surface area is 142 Å². The topological polar surface area (TPSA) is 67.4 Å². The van der Waals surface area contributed by atoms with Gasteiger partial charge in [-0.25, -0.2) is 0 Å². The van der Waals surface area contributed by atoms with Gasteiger partial charge in [-0.15, -0.1) is 0 Å². The molecule has 1 aliphatic heterocycles. The van der Waals surface area contributed by atoms with Crippen LogP contribution in [-0.4, -0.2) is 57.1 Å². The fourth-order valence-electron chi connectivity index (χ4n) is 3.45. The Kier molecular flexibility index (Phi) is 4.45. The van der Waals surface area contributed by atoms with Gasteiger partial charge in [0.2, 0.25) is 5.89 Å². The van der Waals surface area contributed by atoms with Crippen LogP contribution in [0.15, 0.2) is 10.6 Å². The molecule has 7 nitrogen and oxygen atoms in total. The molecule has 0 bridgehead atoms. The van der Waals surface area contributed by atoms with E-state index in [2.05, 4.69) is 26.5 Å². The van der Waals surface area contributed by atoms with Crippen molar-refractivity contribution in [3.8, 4) is 0 Å². The highest BCUT2D eigenvalue weighted by Gasteiger charge is 2.33. The normalized spacial score (nSPS) is 19.0. The first kappa shape index (κ1) is 16.7. The number of hydrogen-bond donors (Lipinski definition) is 0. The van der Waals surface area contributed by atoms with Crippen molar-refractivity contribution in [2.45, 2.75) is 40.3 Å². The SMILES string of the molecule is CCn1c(C)cc(C(=O)N2CCN(C)[C@@H](c3nc(C)no3)C2)c1C. The van der Waals surface area contributed by atoms with Crippen LogP contribution in [0.5, 0.6) is 0 Å². The zero-order valence-corrected chi connectivity index (χ0v) is 15.0. The lowest BCUT2D eigenvalue weighted by molar-refractivity contribution is 0.0488. The van der Waals surface area contributed by atoms with Gasteiger partial charge in [0, 0.05) is 37.6 Å². The number of hydrogen-bond acceptors (Lipinski definition) is 5. The highest BCUT2D eigenvalue weighted by molar-refractivity contribution is 5.95. The number of carbonyl (C=O) groups is 1. The first-order chi connectivity index (χ1) is 11.4. The summed E-state index contributed by atoms with van der Waals surface area (Å²) < 4.78 is 7.50. The first-order valence-electron chi connectivity index (χ1n) is 8.38. The zero-order chi connectivity index (χ0) is 17.4. The molecule has 1 amide bonds. The van der Waals surface area contributed by atoms with Gasteiger partial charge in [-0.05, 0) is 40.8 Å². The fourth-order valence-corrected chi connectivity index (χ4v) is 3.45. The van der Waals surface area contributed by atoms with E-state index in [1.165, 1.54) is 0 Å². The Bertz CT molecular complexity index is 748. The number of amides is 1. The molecule has 0 saturated carbocycles. The fraction of sp³-hybridized carbons (Fsp3) is 0.588. The number of rotatable bonds is 3. The molecule has 1 atom stereocenters. The molecule has 24 heavy (non-hydrogen) atoms. The van der Waals surface area contributed by atoms with Crippen LogP contribution >= 0.6 is 0 Å². The number of aromatic nitrogens is 3. The number of piperazine rings is 1. The highest BCUT2D eigenvalue weighted by atomic mass is 16.5. The first-order valence-corrected chi connectivity index (χ1v) is 8.38. The highest BCUT2D eigenvalue weighted by Crippen LogP contribution is 2.25. The lowest BCUT2D eigenvalue weighted by Crippen LogP contribution is -2.49. The summed E-state index contributed by atoms with van der Waals surface area (Å²) in [7, 11) is 2.02. The van der Waals surface area contributed by atoms with Gasteiger partial charge in [0.05, 0.1) is 5.56 Å². The van der Waals surface area contributed by atoms with E-state index in [0.29, 0.717) is 24.8 Å². The van der Waals surface area contributed by atoms with E-state index in [0.717, 1.165) is 30.0 Å². The molecule has 1 aliphatic rings. The van der Waals surface area contributed by atoms with Gasteiger partial charge in [0.1, 0.15) is 6.04 Å². The van der Waals surface area contributed by atoms with Crippen molar-refractivity contribution >= 4 is 5.91 Å². The van der Waals surface area contributed by atoms with Crippen LogP contribution in [0.2, 0.25) is 0 Å². The molecule has 3 heterocycles. The van der Waals surface area contributed by atoms with E-state index < -0.39 is 0 Å². The van der Waals surface area contributed by atoms with E-state index in [1.807, 2.05) is 31.9 Å². The molecular formula is C17H25N5O2. The monoisotopic (exact) mass is 331 g/mol. The summed E-state index contributed by atoms with van der Waals surface area (Å²) in [6, 6.07) is 1.93. The van der Waals surface area contributed by atoms with E-state index >= 15 is 0 Å². The van der Waals surface area contributed by atoms with Gasteiger partial charge in [0.15, 0.2) is 5.82 Å². The van der Waals surface area contributed by atoms with Gasteiger partial charge in [-0.1, -0.05) is 5.16 Å².